The molecule has 0 nitrogen and oxygen atoms in total. The van der Waals surface area contributed by atoms with Crippen molar-refractivity contribution in [1.82, 2.24) is 0 Å². The van der Waals surface area contributed by atoms with Gasteiger partial charge in [-0.1, -0.05) is 15.9 Å². The molecule has 1 aromatic carbocycles. The van der Waals surface area contributed by atoms with E-state index in [0.717, 1.165) is 11.1 Å². The van der Waals surface area contributed by atoms with Gasteiger partial charge in [0, 0.05) is 20.9 Å². The summed E-state index contributed by atoms with van der Waals surface area (Å²) in [6.45, 7) is 0. The first-order chi connectivity index (χ1) is 5.86. The van der Waals surface area contributed by atoms with E-state index in [1.54, 1.807) is 11.8 Å². The Balaban J connectivity index is 2.53. The lowest BCUT2D eigenvalue weighted by molar-refractivity contribution is 1.35. The predicted molar refractivity (Wildman–Crippen MR) is 62.7 cm³/mol. The second kappa shape index (κ2) is 5.95. The molecule has 0 N–H and O–H groups in total. The standard InChI is InChI=1S/C9H11BrS2/c1-11-8-2-4-9(5-3-8)12-7-6-10/h2-5H,6-7H2,1H3. The smallest absolute Gasteiger partial charge is 0.0126 e. The number of alkyl halides is 1. The fourth-order valence-corrected chi connectivity index (χ4v) is 2.36. The van der Waals surface area contributed by atoms with Gasteiger partial charge in [0.1, 0.15) is 0 Å². The zero-order valence-electron chi connectivity index (χ0n) is 6.92. The van der Waals surface area contributed by atoms with Crippen LogP contribution < -0.4 is 0 Å². The number of benzene rings is 1. The van der Waals surface area contributed by atoms with Gasteiger partial charge in [0.2, 0.25) is 0 Å². The minimum absolute atomic E-state index is 1.06. The largest absolute Gasteiger partial charge is 0.130 e. The summed E-state index contributed by atoms with van der Waals surface area (Å²) in [7, 11) is 0. The van der Waals surface area contributed by atoms with Crippen LogP contribution in [0.3, 0.4) is 0 Å². The van der Waals surface area contributed by atoms with Crippen LogP contribution in [0.25, 0.3) is 0 Å². The van der Waals surface area contributed by atoms with Gasteiger partial charge in [-0.25, -0.2) is 0 Å². The van der Waals surface area contributed by atoms with E-state index in [0.29, 0.717) is 0 Å². The number of hydrogen-bond acceptors (Lipinski definition) is 2. The summed E-state index contributed by atoms with van der Waals surface area (Å²) in [6.07, 6.45) is 2.10. The molecular formula is C9H11BrS2. The maximum absolute atomic E-state index is 3.41. The zero-order valence-corrected chi connectivity index (χ0v) is 10.1. The highest BCUT2D eigenvalue weighted by Crippen LogP contribution is 2.22. The minimum atomic E-state index is 1.06. The second-order valence-corrected chi connectivity index (χ2v) is 5.05. The number of rotatable bonds is 4. The summed E-state index contributed by atoms with van der Waals surface area (Å²) >= 11 is 7.08. The molecule has 0 saturated carbocycles. The maximum Gasteiger partial charge on any atom is 0.0126 e. The molecule has 0 radical (unpaired) electrons. The fourth-order valence-electron chi connectivity index (χ4n) is 0.828. The van der Waals surface area contributed by atoms with Gasteiger partial charge < -0.3 is 0 Å². The van der Waals surface area contributed by atoms with Crippen molar-refractivity contribution >= 4 is 39.5 Å². The normalized spacial score (nSPS) is 10.2. The summed E-state index contributed by atoms with van der Waals surface area (Å²) in [5, 5.41) is 1.06. The van der Waals surface area contributed by atoms with Gasteiger partial charge in [0.15, 0.2) is 0 Å². The third kappa shape index (κ3) is 3.42. The zero-order chi connectivity index (χ0) is 8.81. The van der Waals surface area contributed by atoms with E-state index >= 15 is 0 Å². The average Bonchev–Trinajstić information content (AvgIpc) is 2.15. The molecule has 66 valence electrons. The van der Waals surface area contributed by atoms with Crippen molar-refractivity contribution < 1.29 is 0 Å². The highest BCUT2D eigenvalue weighted by molar-refractivity contribution is 9.09. The molecule has 0 unspecified atom stereocenters. The monoisotopic (exact) mass is 262 g/mol. The molecular weight excluding hydrogens is 252 g/mol. The van der Waals surface area contributed by atoms with Crippen molar-refractivity contribution in [3.05, 3.63) is 24.3 Å². The van der Waals surface area contributed by atoms with Crippen molar-refractivity contribution in [3.63, 3.8) is 0 Å². The van der Waals surface area contributed by atoms with Crippen molar-refractivity contribution in [1.29, 1.82) is 0 Å². The Morgan fingerprint density at radius 3 is 2.25 bits per heavy atom. The Morgan fingerprint density at radius 2 is 1.75 bits per heavy atom. The Bertz CT molecular complexity index is 220. The van der Waals surface area contributed by atoms with Gasteiger partial charge in [0.25, 0.3) is 0 Å². The molecule has 1 rings (SSSR count). The van der Waals surface area contributed by atoms with Crippen molar-refractivity contribution in [3.8, 4) is 0 Å². The molecule has 0 fully saturated rings. The van der Waals surface area contributed by atoms with Crippen LogP contribution in [-0.2, 0) is 0 Å². The highest BCUT2D eigenvalue weighted by Gasteiger charge is 1.93. The van der Waals surface area contributed by atoms with E-state index in [2.05, 4.69) is 46.5 Å². The van der Waals surface area contributed by atoms with Gasteiger partial charge in [-0.05, 0) is 30.5 Å². The fraction of sp³-hybridized carbons (Fsp3) is 0.333. The molecule has 0 aliphatic rings. The lowest BCUT2D eigenvalue weighted by atomic mass is 10.4. The van der Waals surface area contributed by atoms with Crippen molar-refractivity contribution in [2.45, 2.75) is 9.79 Å². The Kier molecular flexibility index (Phi) is 5.19. The van der Waals surface area contributed by atoms with E-state index in [4.69, 9.17) is 0 Å². The second-order valence-electron chi connectivity index (χ2n) is 2.21. The first-order valence-electron chi connectivity index (χ1n) is 3.69. The molecule has 0 bridgehead atoms. The van der Waals surface area contributed by atoms with E-state index in [9.17, 15) is 0 Å². The van der Waals surface area contributed by atoms with Crippen LogP contribution in [0.15, 0.2) is 34.1 Å². The topological polar surface area (TPSA) is 0 Å². The van der Waals surface area contributed by atoms with E-state index < -0.39 is 0 Å². The van der Waals surface area contributed by atoms with Crippen LogP contribution in [0.2, 0.25) is 0 Å². The predicted octanol–water partition coefficient (Wildman–Crippen LogP) is 3.90. The Morgan fingerprint density at radius 1 is 1.17 bits per heavy atom. The van der Waals surface area contributed by atoms with Gasteiger partial charge in [-0.15, -0.1) is 23.5 Å². The molecule has 0 saturated heterocycles. The lowest BCUT2D eigenvalue weighted by Gasteiger charge is -1.99. The molecule has 1 aromatic rings. The Hall–Kier alpha value is 0.400. The molecule has 0 heterocycles. The number of hydrogen-bond donors (Lipinski definition) is 0. The SMILES string of the molecule is CSc1ccc(SCCBr)cc1. The van der Waals surface area contributed by atoms with Crippen LogP contribution in [0, 0.1) is 0 Å². The summed E-state index contributed by atoms with van der Waals surface area (Å²) < 4.78 is 0. The summed E-state index contributed by atoms with van der Waals surface area (Å²) in [5.41, 5.74) is 0. The van der Waals surface area contributed by atoms with Crippen molar-refractivity contribution in [2.75, 3.05) is 17.3 Å². The molecule has 3 heteroatoms. The summed E-state index contributed by atoms with van der Waals surface area (Å²) in [6, 6.07) is 8.70. The third-order valence-corrected chi connectivity index (χ3v) is 4.08. The molecule has 0 aliphatic carbocycles. The van der Waals surface area contributed by atoms with Crippen LogP contribution in [0.1, 0.15) is 0 Å². The highest BCUT2D eigenvalue weighted by atomic mass is 79.9. The quantitative estimate of drug-likeness (QED) is 0.597. The van der Waals surface area contributed by atoms with E-state index in [1.807, 2.05) is 11.8 Å². The molecule has 0 aromatic heterocycles. The average molecular weight is 263 g/mol. The van der Waals surface area contributed by atoms with E-state index in [1.165, 1.54) is 9.79 Å². The number of thioether (sulfide) groups is 2. The Labute approximate surface area is 90.6 Å². The molecule has 0 spiro atoms. The van der Waals surface area contributed by atoms with Gasteiger partial charge in [-0.2, -0.15) is 0 Å². The minimum Gasteiger partial charge on any atom is -0.130 e. The molecule has 0 amide bonds. The van der Waals surface area contributed by atoms with Crippen molar-refractivity contribution in [2.24, 2.45) is 0 Å². The molecule has 0 aliphatic heterocycles. The molecule has 12 heavy (non-hydrogen) atoms. The van der Waals surface area contributed by atoms with Gasteiger partial charge in [0.05, 0.1) is 0 Å². The van der Waals surface area contributed by atoms with Gasteiger partial charge in [-0.3, -0.25) is 0 Å². The van der Waals surface area contributed by atoms with E-state index in [-0.39, 0.29) is 0 Å². The van der Waals surface area contributed by atoms with Crippen LogP contribution in [-0.4, -0.2) is 17.3 Å². The molecule has 0 atom stereocenters. The first-order valence-corrected chi connectivity index (χ1v) is 7.03. The maximum atomic E-state index is 3.41. The van der Waals surface area contributed by atoms with Crippen LogP contribution >= 0.6 is 39.5 Å². The lowest BCUT2D eigenvalue weighted by Crippen LogP contribution is -1.78. The third-order valence-electron chi connectivity index (χ3n) is 1.41. The summed E-state index contributed by atoms with van der Waals surface area (Å²) in [5.74, 6) is 1.14. The van der Waals surface area contributed by atoms with Crippen LogP contribution in [0.4, 0.5) is 0 Å². The van der Waals surface area contributed by atoms with Gasteiger partial charge >= 0.3 is 0 Å². The first kappa shape index (κ1) is 10.5. The van der Waals surface area contributed by atoms with Crippen LogP contribution in [0.5, 0.6) is 0 Å². The summed E-state index contributed by atoms with van der Waals surface area (Å²) in [4.78, 5) is 2.69. The number of halogens is 1.